The van der Waals surface area contributed by atoms with E-state index < -0.39 is 0 Å². The van der Waals surface area contributed by atoms with Crippen LogP contribution in [0.4, 0.5) is 0 Å². The van der Waals surface area contributed by atoms with Crippen molar-refractivity contribution in [1.29, 1.82) is 5.26 Å². The second-order valence-electron chi connectivity index (χ2n) is 3.82. The number of fused-ring (bicyclic) bond motifs is 1. The van der Waals surface area contributed by atoms with Gasteiger partial charge in [0.1, 0.15) is 11.1 Å². The monoisotopic (exact) mass is 346 g/mol. The molecule has 0 saturated heterocycles. The molecule has 0 aliphatic carbocycles. The number of nitriles is 1. The van der Waals surface area contributed by atoms with Crippen LogP contribution in [0.3, 0.4) is 0 Å². The van der Waals surface area contributed by atoms with Gasteiger partial charge in [-0.1, -0.05) is 12.1 Å². The quantitative estimate of drug-likeness (QED) is 0.599. The number of thiazole rings is 1. The maximum absolute atomic E-state index is 9.31. The van der Waals surface area contributed by atoms with Crippen molar-refractivity contribution in [2.75, 3.05) is 0 Å². The Bertz CT molecular complexity index is 775. The Labute approximate surface area is 126 Å². The van der Waals surface area contributed by atoms with Crippen molar-refractivity contribution in [2.24, 2.45) is 0 Å². The van der Waals surface area contributed by atoms with Gasteiger partial charge in [0, 0.05) is 14.7 Å². The highest BCUT2D eigenvalue weighted by Gasteiger charge is 2.08. The Kier molecular flexibility index (Phi) is 3.47. The molecule has 92 valence electrons. The topological polar surface area (TPSA) is 36.7 Å². The summed E-state index contributed by atoms with van der Waals surface area (Å²) < 4.78 is 2.14. The molecule has 2 aromatic heterocycles. The molecule has 0 fully saturated rings. The molecular weight excluding hydrogens is 340 g/mol. The summed E-state index contributed by atoms with van der Waals surface area (Å²) in [6, 6.07) is 12.2. The summed E-state index contributed by atoms with van der Waals surface area (Å²) in [4.78, 5) is 5.55. The summed E-state index contributed by atoms with van der Waals surface area (Å²) in [5.74, 6) is 0. The molecule has 3 aromatic rings. The van der Waals surface area contributed by atoms with Crippen LogP contribution in [0.1, 0.15) is 9.88 Å². The summed E-state index contributed by atoms with van der Waals surface area (Å²) in [7, 11) is 0. The van der Waals surface area contributed by atoms with Gasteiger partial charge in [0.2, 0.25) is 0 Å². The van der Waals surface area contributed by atoms with E-state index in [1.54, 1.807) is 22.7 Å². The van der Waals surface area contributed by atoms with Gasteiger partial charge in [-0.25, -0.2) is 4.98 Å². The fourth-order valence-corrected chi connectivity index (χ4v) is 3.98. The van der Waals surface area contributed by atoms with Gasteiger partial charge in [0.15, 0.2) is 0 Å². The second-order valence-corrected chi connectivity index (χ2v) is 6.71. The molecule has 0 amide bonds. The third-order valence-corrected chi connectivity index (χ3v) is 5.23. The van der Waals surface area contributed by atoms with Gasteiger partial charge in [0.25, 0.3) is 0 Å². The predicted octanol–water partition coefficient (Wildman–Crippen LogP) is 5.18. The summed E-state index contributed by atoms with van der Waals surface area (Å²) in [5.41, 5.74) is 1.55. The third kappa shape index (κ3) is 2.61. The third-order valence-electron chi connectivity index (χ3n) is 2.52. The van der Waals surface area contributed by atoms with E-state index in [2.05, 4.69) is 27.0 Å². The molecule has 0 saturated carbocycles. The zero-order chi connectivity index (χ0) is 13.2. The Morgan fingerprint density at radius 1 is 1.37 bits per heavy atom. The van der Waals surface area contributed by atoms with Crippen LogP contribution in [0.5, 0.6) is 0 Å². The van der Waals surface area contributed by atoms with Crippen molar-refractivity contribution in [2.45, 2.75) is 0 Å². The number of rotatable bonds is 2. The van der Waals surface area contributed by atoms with E-state index in [4.69, 9.17) is 0 Å². The van der Waals surface area contributed by atoms with Gasteiger partial charge in [-0.3, -0.25) is 0 Å². The number of hydrogen-bond donors (Lipinski definition) is 0. The average Bonchev–Trinajstić information content (AvgIpc) is 3.01. The molecule has 0 spiro atoms. The van der Waals surface area contributed by atoms with Crippen LogP contribution >= 0.6 is 38.6 Å². The van der Waals surface area contributed by atoms with E-state index in [1.807, 2.05) is 41.8 Å². The molecule has 2 nitrogen and oxygen atoms in total. The van der Waals surface area contributed by atoms with Crippen LogP contribution in [-0.2, 0) is 0 Å². The summed E-state index contributed by atoms with van der Waals surface area (Å²) in [5, 5.41) is 12.1. The smallest absolute Gasteiger partial charge is 0.135 e. The fraction of sp³-hybridized carbons (Fsp3) is 0. The zero-order valence-electron chi connectivity index (χ0n) is 9.63. The Hall–Kier alpha value is -1.48. The minimum absolute atomic E-state index is 0.607. The van der Waals surface area contributed by atoms with Gasteiger partial charge >= 0.3 is 0 Å². The number of halogens is 1. The first-order valence-electron chi connectivity index (χ1n) is 5.48. The van der Waals surface area contributed by atoms with E-state index in [-0.39, 0.29) is 0 Å². The minimum Gasteiger partial charge on any atom is -0.235 e. The highest BCUT2D eigenvalue weighted by molar-refractivity contribution is 9.10. The van der Waals surface area contributed by atoms with E-state index in [0.29, 0.717) is 5.57 Å². The van der Waals surface area contributed by atoms with E-state index in [1.165, 1.54) is 0 Å². The first-order chi connectivity index (χ1) is 9.26. The fourth-order valence-electron chi connectivity index (χ4n) is 1.68. The number of nitrogens with zero attached hydrogens (tertiary/aromatic N) is 2. The summed E-state index contributed by atoms with van der Waals surface area (Å²) in [6.07, 6.45) is 1.88. The van der Waals surface area contributed by atoms with Crippen molar-refractivity contribution >= 4 is 60.5 Å². The number of benzene rings is 1. The largest absolute Gasteiger partial charge is 0.235 e. The standard InChI is InChI=1S/C14H7BrN2S2/c15-10-6-11(18-8-10)5-9(7-16)14-17-12-3-1-2-4-13(12)19-14/h1-6,8H/b9-5+. The lowest BCUT2D eigenvalue weighted by Gasteiger charge is -1.90. The normalized spacial score (nSPS) is 11.7. The first kappa shape index (κ1) is 12.5. The van der Waals surface area contributed by atoms with E-state index >= 15 is 0 Å². The van der Waals surface area contributed by atoms with Gasteiger partial charge in [0.05, 0.1) is 15.8 Å². The van der Waals surface area contributed by atoms with Crippen LogP contribution in [-0.4, -0.2) is 4.98 Å². The molecule has 1 aromatic carbocycles. The van der Waals surface area contributed by atoms with Crippen LogP contribution in [0.15, 0.2) is 40.2 Å². The highest BCUT2D eigenvalue weighted by atomic mass is 79.9. The molecule has 0 aliphatic rings. The molecule has 3 rings (SSSR count). The molecule has 0 atom stereocenters. The van der Waals surface area contributed by atoms with Gasteiger partial charge in [-0.2, -0.15) is 5.26 Å². The van der Waals surface area contributed by atoms with Crippen molar-refractivity contribution in [3.05, 3.63) is 50.1 Å². The van der Waals surface area contributed by atoms with Crippen molar-refractivity contribution in [1.82, 2.24) is 4.98 Å². The van der Waals surface area contributed by atoms with Gasteiger partial charge < -0.3 is 0 Å². The molecule has 2 heterocycles. The molecule has 5 heteroatoms. The Morgan fingerprint density at radius 3 is 2.89 bits per heavy atom. The average molecular weight is 347 g/mol. The van der Waals surface area contributed by atoms with E-state index in [0.717, 1.165) is 24.6 Å². The van der Waals surface area contributed by atoms with Crippen LogP contribution < -0.4 is 0 Å². The second kappa shape index (κ2) is 5.25. The highest BCUT2D eigenvalue weighted by Crippen LogP contribution is 2.29. The Morgan fingerprint density at radius 2 is 2.21 bits per heavy atom. The first-order valence-corrected chi connectivity index (χ1v) is 7.97. The SMILES string of the molecule is N#C/C(=C\c1cc(Br)cs1)c1nc2ccccc2s1. The number of hydrogen-bond acceptors (Lipinski definition) is 4. The number of aromatic nitrogens is 1. The van der Waals surface area contributed by atoms with Crippen molar-refractivity contribution in [3.8, 4) is 6.07 Å². The van der Waals surface area contributed by atoms with Crippen LogP contribution in [0, 0.1) is 11.3 Å². The lowest BCUT2D eigenvalue weighted by Crippen LogP contribution is -1.78. The van der Waals surface area contributed by atoms with Crippen molar-refractivity contribution < 1.29 is 0 Å². The summed E-state index contributed by atoms with van der Waals surface area (Å²) in [6.45, 7) is 0. The zero-order valence-corrected chi connectivity index (χ0v) is 12.8. The number of para-hydroxylation sites is 1. The molecule has 0 bridgehead atoms. The van der Waals surface area contributed by atoms with Gasteiger partial charge in [-0.05, 0) is 40.2 Å². The van der Waals surface area contributed by atoms with Crippen molar-refractivity contribution in [3.63, 3.8) is 0 Å². The molecular formula is C14H7BrN2S2. The van der Waals surface area contributed by atoms with Crippen LogP contribution in [0.2, 0.25) is 0 Å². The Balaban J connectivity index is 2.07. The number of allylic oxidation sites excluding steroid dienone is 1. The van der Waals surface area contributed by atoms with E-state index in [9.17, 15) is 5.26 Å². The maximum atomic E-state index is 9.31. The molecule has 0 unspecified atom stereocenters. The number of thiophene rings is 1. The lowest BCUT2D eigenvalue weighted by molar-refractivity contribution is 1.44. The lowest BCUT2D eigenvalue weighted by atomic mass is 10.2. The molecule has 0 radical (unpaired) electrons. The molecule has 0 N–H and O–H groups in total. The molecule has 0 aliphatic heterocycles. The predicted molar refractivity (Wildman–Crippen MR) is 85.1 cm³/mol. The maximum Gasteiger partial charge on any atom is 0.135 e. The van der Waals surface area contributed by atoms with Gasteiger partial charge in [-0.15, -0.1) is 22.7 Å². The minimum atomic E-state index is 0.607. The molecule has 19 heavy (non-hydrogen) atoms. The summed E-state index contributed by atoms with van der Waals surface area (Å²) >= 11 is 6.56. The van der Waals surface area contributed by atoms with Crippen LogP contribution in [0.25, 0.3) is 21.9 Å².